The number of likely N-dealkylation sites (tertiary alicyclic amines) is 1. The van der Waals surface area contributed by atoms with Gasteiger partial charge in [-0.2, -0.15) is 0 Å². The van der Waals surface area contributed by atoms with Gasteiger partial charge in [0, 0.05) is 31.1 Å². The molecule has 0 bridgehead atoms. The van der Waals surface area contributed by atoms with Crippen molar-refractivity contribution in [1.29, 1.82) is 0 Å². The van der Waals surface area contributed by atoms with E-state index < -0.39 is 0 Å². The molecule has 3 heterocycles. The molecule has 7 nitrogen and oxygen atoms in total. The maximum Gasteiger partial charge on any atom is 0.208 e. The molecule has 2 aromatic carbocycles. The predicted octanol–water partition coefficient (Wildman–Crippen LogP) is 6.65. The van der Waals surface area contributed by atoms with E-state index in [0.29, 0.717) is 24.5 Å². The molecule has 7 heteroatoms. The third-order valence-electron chi connectivity index (χ3n) is 7.52. The number of carbonyl (C=O) groups is 1. The Kier molecular flexibility index (Phi) is 7.71. The van der Waals surface area contributed by atoms with Crippen molar-refractivity contribution in [2.75, 3.05) is 25.0 Å². The molecule has 0 radical (unpaired) electrons. The minimum Gasteiger partial charge on any atom is -0.457 e. The van der Waals surface area contributed by atoms with Gasteiger partial charge >= 0.3 is 0 Å². The summed E-state index contributed by atoms with van der Waals surface area (Å²) in [6, 6.07) is 18.0. The molecule has 1 fully saturated rings. The molecule has 39 heavy (non-hydrogen) atoms. The van der Waals surface area contributed by atoms with Gasteiger partial charge in [0.2, 0.25) is 5.95 Å². The fraction of sp³-hybridized carbons (Fsp3) is 0.406. The summed E-state index contributed by atoms with van der Waals surface area (Å²) in [6.07, 6.45) is 4.34. The van der Waals surface area contributed by atoms with E-state index in [1.165, 1.54) is 5.56 Å². The molecule has 0 aliphatic carbocycles. The molecule has 5 rings (SSSR count). The van der Waals surface area contributed by atoms with Crippen LogP contribution in [0.5, 0.6) is 11.5 Å². The van der Waals surface area contributed by atoms with E-state index in [-0.39, 0.29) is 11.2 Å². The molecule has 4 aromatic rings. The molecule has 204 valence electrons. The molecular weight excluding hydrogens is 486 g/mol. The normalized spacial score (nSPS) is 15.0. The van der Waals surface area contributed by atoms with Gasteiger partial charge < -0.3 is 14.6 Å². The van der Waals surface area contributed by atoms with Gasteiger partial charge in [-0.15, -0.1) is 0 Å². The molecule has 0 atom stereocenters. The van der Waals surface area contributed by atoms with E-state index in [0.717, 1.165) is 60.2 Å². The summed E-state index contributed by atoms with van der Waals surface area (Å²) in [4.78, 5) is 24.2. The van der Waals surface area contributed by atoms with Crippen LogP contribution >= 0.6 is 0 Å². The topological polar surface area (TPSA) is 72.3 Å². The standard InChI is InChI=1S/C32H39N5O2/c1-22-12-15-37(16-13-22)21-26(38)18-25-19-28(11-14-33-25)39-27-9-10-30-29(20-27)35-31(36(30)5)34-24-8-6-7-23(17-24)32(2,3)4/h6-11,14,17,19-20,22H,12-13,15-16,18,21H2,1-5H3,(H,34,35). The lowest BCUT2D eigenvalue weighted by molar-refractivity contribution is -0.119. The number of Topliss-reactive ketones (excluding diaryl/α,β-unsaturated/α-hetero) is 1. The lowest BCUT2D eigenvalue weighted by Crippen LogP contribution is -2.37. The quantitative estimate of drug-likeness (QED) is 0.278. The third kappa shape index (κ3) is 6.66. The number of nitrogens with zero attached hydrogens (tertiary/aromatic N) is 4. The van der Waals surface area contributed by atoms with Gasteiger partial charge in [-0.1, -0.05) is 39.8 Å². The number of ketones is 1. The summed E-state index contributed by atoms with van der Waals surface area (Å²) >= 11 is 0. The summed E-state index contributed by atoms with van der Waals surface area (Å²) in [5, 5.41) is 3.47. The highest BCUT2D eigenvalue weighted by Gasteiger charge is 2.19. The van der Waals surface area contributed by atoms with Gasteiger partial charge in [-0.05, 0) is 73.2 Å². The van der Waals surface area contributed by atoms with Crippen molar-refractivity contribution >= 4 is 28.5 Å². The minimum absolute atomic E-state index is 0.0719. The Balaban J connectivity index is 1.26. The lowest BCUT2D eigenvalue weighted by atomic mass is 9.87. The largest absolute Gasteiger partial charge is 0.457 e. The summed E-state index contributed by atoms with van der Waals surface area (Å²) in [6.45, 7) is 11.4. The first-order chi connectivity index (χ1) is 18.6. The molecular formula is C32H39N5O2. The van der Waals surface area contributed by atoms with Gasteiger partial charge in [0.1, 0.15) is 11.5 Å². The lowest BCUT2D eigenvalue weighted by Gasteiger charge is -2.29. The van der Waals surface area contributed by atoms with Crippen LogP contribution in [0.4, 0.5) is 11.6 Å². The molecule has 0 amide bonds. The van der Waals surface area contributed by atoms with Crippen molar-refractivity contribution < 1.29 is 9.53 Å². The smallest absolute Gasteiger partial charge is 0.208 e. The number of benzene rings is 2. The maximum atomic E-state index is 12.7. The van der Waals surface area contributed by atoms with Crippen LogP contribution in [0.15, 0.2) is 60.8 Å². The number of piperidine rings is 1. The number of carbonyl (C=O) groups excluding carboxylic acids is 1. The first-order valence-corrected chi connectivity index (χ1v) is 13.8. The molecule has 1 N–H and O–H groups in total. The molecule has 0 saturated carbocycles. The first-order valence-electron chi connectivity index (χ1n) is 13.8. The van der Waals surface area contributed by atoms with Crippen molar-refractivity contribution in [3.05, 3.63) is 72.1 Å². The summed E-state index contributed by atoms with van der Waals surface area (Å²) in [7, 11) is 2.00. The van der Waals surface area contributed by atoms with Gasteiger partial charge in [0.15, 0.2) is 5.78 Å². The number of aryl methyl sites for hydroxylation is 1. The molecule has 1 saturated heterocycles. The van der Waals surface area contributed by atoms with Crippen LogP contribution in [0.2, 0.25) is 0 Å². The van der Waals surface area contributed by atoms with Crippen LogP contribution in [-0.2, 0) is 23.7 Å². The Bertz CT molecular complexity index is 1460. The Hall–Kier alpha value is -3.71. The van der Waals surface area contributed by atoms with Crippen molar-refractivity contribution in [1.82, 2.24) is 19.4 Å². The molecule has 0 unspecified atom stereocenters. The maximum absolute atomic E-state index is 12.7. The monoisotopic (exact) mass is 525 g/mol. The number of nitrogens with one attached hydrogen (secondary N) is 1. The fourth-order valence-corrected chi connectivity index (χ4v) is 5.03. The zero-order valence-electron chi connectivity index (χ0n) is 23.7. The van der Waals surface area contributed by atoms with E-state index >= 15 is 0 Å². The van der Waals surface area contributed by atoms with E-state index in [9.17, 15) is 4.79 Å². The second kappa shape index (κ2) is 11.2. The average molecular weight is 526 g/mol. The Labute approximate surface area is 231 Å². The number of rotatable bonds is 8. The van der Waals surface area contributed by atoms with E-state index in [1.54, 1.807) is 6.20 Å². The van der Waals surface area contributed by atoms with E-state index in [1.807, 2.05) is 41.9 Å². The third-order valence-corrected chi connectivity index (χ3v) is 7.52. The molecule has 1 aliphatic rings. The number of anilines is 2. The second-order valence-corrected chi connectivity index (χ2v) is 11.9. The van der Waals surface area contributed by atoms with Gasteiger partial charge in [0.25, 0.3) is 0 Å². The number of imidazole rings is 1. The van der Waals surface area contributed by atoms with Crippen LogP contribution < -0.4 is 10.1 Å². The van der Waals surface area contributed by atoms with Gasteiger partial charge in [0.05, 0.1) is 29.7 Å². The fourth-order valence-electron chi connectivity index (χ4n) is 5.03. The highest BCUT2D eigenvalue weighted by atomic mass is 16.5. The Morgan fingerprint density at radius 2 is 1.82 bits per heavy atom. The van der Waals surface area contributed by atoms with Gasteiger partial charge in [-0.3, -0.25) is 14.7 Å². The summed E-state index contributed by atoms with van der Waals surface area (Å²) in [5.74, 6) is 3.06. The molecule has 1 aliphatic heterocycles. The molecule has 2 aromatic heterocycles. The number of hydrogen-bond acceptors (Lipinski definition) is 6. The number of aromatic nitrogens is 3. The highest BCUT2D eigenvalue weighted by molar-refractivity contribution is 5.83. The number of hydrogen-bond donors (Lipinski definition) is 1. The van der Waals surface area contributed by atoms with E-state index in [2.05, 4.69) is 67.2 Å². The summed E-state index contributed by atoms with van der Waals surface area (Å²) < 4.78 is 8.20. The van der Waals surface area contributed by atoms with Crippen LogP contribution in [0.25, 0.3) is 11.0 Å². The van der Waals surface area contributed by atoms with Crippen LogP contribution in [-0.4, -0.2) is 44.9 Å². The van der Waals surface area contributed by atoms with Crippen LogP contribution in [0, 0.1) is 5.92 Å². The number of pyridine rings is 1. The number of ether oxygens (including phenoxy) is 1. The number of fused-ring (bicyclic) bond motifs is 1. The van der Waals surface area contributed by atoms with Crippen molar-refractivity contribution in [2.45, 2.75) is 52.4 Å². The summed E-state index contributed by atoms with van der Waals surface area (Å²) in [5.41, 5.74) is 4.91. The Morgan fingerprint density at radius 1 is 1.05 bits per heavy atom. The Morgan fingerprint density at radius 3 is 2.59 bits per heavy atom. The minimum atomic E-state index is 0.0719. The average Bonchev–Trinajstić information content (AvgIpc) is 3.19. The van der Waals surface area contributed by atoms with Crippen LogP contribution in [0.1, 0.15) is 51.8 Å². The van der Waals surface area contributed by atoms with Crippen molar-refractivity contribution in [3.63, 3.8) is 0 Å². The van der Waals surface area contributed by atoms with Crippen molar-refractivity contribution in [3.8, 4) is 11.5 Å². The second-order valence-electron chi connectivity index (χ2n) is 11.9. The van der Waals surface area contributed by atoms with Gasteiger partial charge in [-0.25, -0.2) is 4.98 Å². The zero-order chi connectivity index (χ0) is 27.6. The highest BCUT2D eigenvalue weighted by Crippen LogP contribution is 2.30. The van der Waals surface area contributed by atoms with Crippen LogP contribution in [0.3, 0.4) is 0 Å². The molecule has 0 spiro atoms. The van der Waals surface area contributed by atoms with E-state index in [4.69, 9.17) is 9.72 Å². The SMILES string of the molecule is CC1CCN(CC(=O)Cc2cc(Oc3ccc4c(c3)nc(Nc3cccc(C(C)(C)C)c3)n4C)ccn2)CC1. The van der Waals surface area contributed by atoms with Crippen molar-refractivity contribution in [2.24, 2.45) is 13.0 Å². The zero-order valence-corrected chi connectivity index (χ0v) is 23.7. The predicted molar refractivity (Wildman–Crippen MR) is 157 cm³/mol. The first kappa shape index (κ1) is 26.9.